The van der Waals surface area contributed by atoms with Gasteiger partial charge in [0.2, 0.25) is 0 Å². The summed E-state index contributed by atoms with van der Waals surface area (Å²) >= 11 is 0. The van der Waals surface area contributed by atoms with Crippen LogP contribution in [0.2, 0.25) is 0 Å². The lowest BCUT2D eigenvalue weighted by atomic mass is 10.0. The van der Waals surface area contributed by atoms with Crippen LogP contribution in [0, 0.1) is 0 Å². The molecule has 0 radical (unpaired) electrons. The first-order valence-electron chi connectivity index (χ1n) is 16.9. The summed E-state index contributed by atoms with van der Waals surface area (Å²) in [6.07, 6.45) is 46.3. The second-order valence-corrected chi connectivity index (χ2v) is 11.0. The second kappa shape index (κ2) is 32.9. The molecule has 0 aliphatic rings. The maximum Gasteiger partial charge on any atom is 0.306 e. The molecule has 42 heavy (non-hydrogen) atoms. The number of allylic oxidation sites excluding steroid dienone is 12. The van der Waals surface area contributed by atoms with Gasteiger partial charge in [0.25, 0.3) is 0 Å². The van der Waals surface area contributed by atoms with Crippen molar-refractivity contribution in [3.8, 4) is 0 Å². The summed E-state index contributed by atoms with van der Waals surface area (Å²) in [5, 5.41) is 8.78. The Morgan fingerprint density at radius 3 is 1.45 bits per heavy atom. The lowest BCUT2D eigenvalue weighted by Crippen LogP contribution is -2.18. The van der Waals surface area contributed by atoms with E-state index >= 15 is 0 Å². The third-order valence-corrected chi connectivity index (χ3v) is 6.96. The van der Waals surface area contributed by atoms with E-state index in [2.05, 4.69) is 86.8 Å². The molecule has 0 bridgehead atoms. The number of esters is 1. The molecule has 1 atom stereocenters. The number of rotatable bonds is 29. The quantitative estimate of drug-likeness (QED) is 0.0541. The van der Waals surface area contributed by atoms with Crippen molar-refractivity contribution in [2.75, 3.05) is 0 Å². The average molecular weight is 583 g/mol. The van der Waals surface area contributed by atoms with Gasteiger partial charge in [-0.1, -0.05) is 132 Å². The molecule has 1 N–H and O–H groups in total. The van der Waals surface area contributed by atoms with Crippen LogP contribution in [-0.4, -0.2) is 23.1 Å². The fraction of sp³-hybridized carbons (Fsp3) is 0.632. The summed E-state index contributed by atoms with van der Waals surface area (Å²) in [4.78, 5) is 23.1. The molecule has 0 rings (SSSR count). The van der Waals surface area contributed by atoms with Gasteiger partial charge < -0.3 is 9.84 Å². The fourth-order valence-corrected chi connectivity index (χ4v) is 4.50. The lowest BCUT2D eigenvalue weighted by molar-refractivity contribution is -0.149. The third-order valence-electron chi connectivity index (χ3n) is 6.96. The first kappa shape index (κ1) is 39.4. The second-order valence-electron chi connectivity index (χ2n) is 11.0. The lowest BCUT2D eigenvalue weighted by Gasteiger charge is -2.18. The van der Waals surface area contributed by atoms with E-state index in [1.165, 1.54) is 32.1 Å². The van der Waals surface area contributed by atoms with E-state index in [-0.39, 0.29) is 18.5 Å². The summed E-state index contributed by atoms with van der Waals surface area (Å²) in [5.41, 5.74) is 0. The molecule has 0 saturated heterocycles. The van der Waals surface area contributed by atoms with E-state index < -0.39 is 5.97 Å². The molecule has 0 amide bonds. The molecule has 0 aliphatic carbocycles. The third kappa shape index (κ3) is 31.9. The number of hydrogen-bond acceptors (Lipinski definition) is 3. The highest BCUT2D eigenvalue weighted by Gasteiger charge is 2.14. The van der Waals surface area contributed by atoms with Crippen molar-refractivity contribution >= 4 is 11.9 Å². The highest BCUT2D eigenvalue weighted by atomic mass is 16.5. The van der Waals surface area contributed by atoms with E-state index in [4.69, 9.17) is 9.84 Å². The van der Waals surface area contributed by atoms with E-state index in [1.807, 2.05) is 0 Å². The molecule has 0 aromatic heterocycles. The Hall–Kier alpha value is -2.62. The van der Waals surface area contributed by atoms with Crippen molar-refractivity contribution in [1.29, 1.82) is 0 Å². The monoisotopic (exact) mass is 582 g/mol. The number of ether oxygens (including phenoxy) is 1. The zero-order chi connectivity index (χ0) is 30.8. The molecule has 4 heteroatoms. The van der Waals surface area contributed by atoms with Gasteiger partial charge in [-0.3, -0.25) is 9.59 Å². The van der Waals surface area contributed by atoms with Crippen molar-refractivity contribution < 1.29 is 19.4 Å². The Kier molecular flexibility index (Phi) is 30.8. The number of carboxylic acids is 1. The normalized spacial score (nSPS) is 13.2. The summed E-state index contributed by atoms with van der Waals surface area (Å²) in [7, 11) is 0. The summed E-state index contributed by atoms with van der Waals surface area (Å²) in [6, 6.07) is 0. The van der Waals surface area contributed by atoms with Crippen molar-refractivity contribution in [3.05, 3.63) is 72.9 Å². The van der Waals surface area contributed by atoms with Crippen LogP contribution < -0.4 is 0 Å². The molecular formula is C38H62O4. The predicted octanol–water partition coefficient (Wildman–Crippen LogP) is 11.6. The molecule has 4 nitrogen and oxygen atoms in total. The molecule has 0 aromatic rings. The largest absolute Gasteiger partial charge is 0.481 e. The van der Waals surface area contributed by atoms with E-state index in [0.717, 1.165) is 83.5 Å². The highest BCUT2D eigenvalue weighted by molar-refractivity contribution is 5.69. The van der Waals surface area contributed by atoms with Gasteiger partial charge in [0.05, 0.1) is 0 Å². The minimum atomic E-state index is -0.725. The van der Waals surface area contributed by atoms with Crippen molar-refractivity contribution in [1.82, 2.24) is 0 Å². The van der Waals surface area contributed by atoms with Crippen LogP contribution in [0.3, 0.4) is 0 Å². The Morgan fingerprint density at radius 2 is 0.976 bits per heavy atom. The fourth-order valence-electron chi connectivity index (χ4n) is 4.50. The van der Waals surface area contributed by atoms with Gasteiger partial charge in [-0.05, 0) is 77.0 Å². The van der Waals surface area contributed by atoms with Gasteiger partial charge in [-0.15, -0.1) is 0 Å². The molecule has 0 saturated carbocycles. The van der Waals surface area contributed by atoms with Gasteiger partial charge in [-0.2, -0.15) is 0 Å². The number of carboxylic acid groups (broad SMARTS) is 1. The topological polar surface area (TPSA) is 63.6 Å². The summed E-state index contributed by atoms with van der Waals surface area (Å²) < 4.78 is 5.86. The van der Waals surface area contributed by atoms with Crippen LogP contribution in [-0.2, 0) is 14.3 Å². The smallest absolute Gasteiger partial charge is 0.306 e. The van der Waals surface area contributed by atoms with Crippen LogP contribution in [0.5, 0.6) is 0 Å². The first-order valence-corrected chi connectivity index (χ1v) is 16.9. The summed E-state index contributed by atoms with van der Waals surface area (Å²) in [6.45, 7) is 4.38. The van der Waals surface area contributed by atoms with Gasteiger partial charge in [0.15, 0.2) is 0 Å². The van der Waals surface area contributed by atoms with Gasteiger partial charge in [0, 0.05) is 12.8 Å². The highest BCUT2D eigenvalue weighted by Crippen LogP contribution is 2.17. The molecule has 0 aliphatic heterocycles. The zero-order valence-electron chi connectivity index (χ0n) is 27.0. The van der Waals surface area contributed by atoms with Gasteiger partial charge in [0.1, 0.15) is 6.10 Å². The standard InChI is InChI=1S/C38H62O4/c1-3-5-7-9-11-12-13-14-15-16-17-18-19-20-21-22-23-25-31-35-38(41)42-36(32-28-24-10-8-6-4-2)33-29-26-27-30-34-37(39)40/h5,7,11-12,14-15,17-18,20-21,23,25,36H,3-4,6,8-10,13,16,19,22,24,26-35H2,1-2H3,(H,39,40)/b7-5-,12-11-,15-14-,18-17-,21-20-,25-23-. The number of carbonyl (C=O) groups is 2. The molecular weight excluding hydrogens is 520 g/mol. The maximum atomic E-state index is 12.5. The van der Waals surface area contributed by atoms with Crippen LogP contribution in [0.15, 0.2) is 72.9 Å². The van der Waals surface area contributed by atoms with E-state index in [9.17, 15) is 9.59 Å². The molecule has 238 valence electrons. The van der Waals surface area contributed by atoms with Crippen LogP contribution in [0.1, 0.15) is 149 Å². The van der Waals surface area contributed by atoms with Crippen LogP contribution in [0.25, 0.3) is 0 Å². The van der Waals surface area contributed by atoms with Gasteiger partial charge >= 0.3 is 11.9 Å². The summed E-state index contributed by atoms with van der Waals surface area (Å²) in [5.74, 6) is -0.826. The number of aliphatic carboxylic acids is 1. The minimum Gasteiger partial charge on any atom is -0.481 e. The van der Waals surface area contributed by atoms with Crippen molar-refractivity contribution in [2.24, 2.45) is 0 Å². The Labute approximate surface area is 258 Å². The van der Waals surface area contributed by atoms with Crippen molar-refractivity contribution in [2.45, 2.75) is 155 Å². The average Bonchev–Trinajstić information content (AvgIpc) is 2.97. The Bertz CT molecular complexity index is 800. The molecule has 0 fully saturated rings. The Balaban J connectivity index is 4.09. The number of carbonyl (C=O) groups excluding carboxylic acids is 1. The maximum absolute atomic E-state index is 12.5. The first-order chi connectivity index (χ1) is 20.6. The number of unbranched alkanes of at least 4 members (excludes halogenated alkanes) is 8. The molecule has 0 heterocycles. The van der Waals surface area contributed by atoms with Crippen LogP contribution >= 0.6 is 0 Å². The predicted molar refractivity (Wildman–Crippen MR) is 181 cm³/mol. The molecule has 1 unspecified atom stereocenters. The van der Waals surface area contributed by atoms with Crippen LogP contribution in [0.4, 0.5) is 0 Å². The SMILES string of the molecule is CC/C=C\C/C=C\C/C=C\C/C=C\C/C=C\C/C=C\CCC(=O)OC(CCCCCCCC)CCCCCCC(=O)O. The Morgan fingerprint density at radius 1 is 0.548 bits per heavy atom. The van der Waals surface area contributed by atoms with E-state index in [0.29, 0.717) is 12.8 Å². The van der Waals surface area contributed by atoms with Gasteiger partial charge in [-0.25, -0.2) is 0 Å². The molecule has 0 spiro atoms. The number of hydrogen-bond donors (Lipinski definition) is 1. The zero-order valence-corrected chi connectivity index (χ0v) is 27.0. The minimum absolute atomic E-state index is 0.00609. The van der Waals surface area contributed by atoms with E-state index in [1.54, 1.807) is 0 Å². The van der Waals surface area contributed by atoms with Crippen molar-refractivity contribution in [3.63, 3.8) is 0 Å². The molecule has 0 aromatic carbocycles.